The summed E-state index contributed by atoms with van der Waals surface area (Å²) < 4.78 is 1.85. The van der Waals surface area contributed by atoms with E-state index in [4.69, 9.17) is 5.73 Å². The first-order chi connectivity index (χ1) is 8.80. The van der Waals surface area contributed by atoms with Crippen LogP contribution in [0.15, 0.2) is 18.2 Å². The fraction of sp³-hybridized carbons (Fsp3) is 0.500. The van der Waals surface area contributed by atoms with Gasteiger partial charge in [0.05, 0.1) is 6.04 Å². The Labute approximate surface area is 113 Å². The molecule has 5 nitrogen and oxygen atoms in total. The molecule has 1 aromatic heterocycles. The second-order valence-corrected chi connectivity index (χ2v) is 6.08. The molecule has 0 amide bonds. The monoisotopic (exact) mass is 259 g/mol. The number of nitrogen functional groups attached to an aromatic ring is 1. The van der Waals surface area contributed by atoms with Crippen molar-refractivity contribution in [3.63, 3.8) is 0 Å². The van der Waals surface area contributed by atoms with Gasteiger partial charge in [-0.3, -0.25) is 0 Å². The number of hydrogen-bond donors (Lipinski definition) is 1. The summed E-state index contributed by atoms with van der Waals surface area (Å²) in [5.74, 6) is 0.726. The van der Waals surface area contributed by atoms with Gasteiger partial charge >= 0.3 is 0 Å². The first-order valence-electron chi connectivity index (χ1n) is 6.45. The highest BCUT2D eigenvalue weighted by molar-refractivity contribution is 5.72. The van der Waals surface area contributed by atoms with Crippen LogP contribution in [0, 0.1) is 12.3 Å². The molecule has 0 bridgehead atoms. The molecule has 2 aromatic rings. The van der Waals surface area contributed by atoms with Crippen LogP contribution in [-0.2, 0) is 0 Å². The van der Waals surface area contributed by atoms with Crippen LogP contribution in [0.4, 0.5) is 5.69 Å². The predicted octanol–water partition coefficient (Wildman–Crippen LogP) is 2.84. The van der Waals surface area contributed by atoms with E-state index < -0.39 is 0 Å². The summed E-state index contributed by atoms with van der Waals surface area (Å²) in [6, 6.07) is 6.08. The summed E-state index contributed by atoms with van der Waals surface area (Å²) in [4.78, 5) is 0. The minimum atomic E-state index is 0.0721. The zero-order valence-corrected chi connectivity index (χ0v) is 12.2. The Morgan fingerprint density at radius 1 is 1.26 bits per heavy atom. The quantitative estimate of drug-likeness (QED) is 0.842. The fourth-order valence-corrected chi connectivity index (χ4v) is 1.86. The molecular formula is C14H21N5. The zero-order chi connectivity index (χ0) is 14.2. The lowest BCUT2D eigenvalue weighted by Crippen LogP contribution is -2.23. The van der Waals surface area contributed by atoms with Gasteiger partial charge in [0.2, 0.25) is 0 Å². The molecule has 0 saturated carbocycles. The Balaban J connectivity index is 2.53. The van der Waals surface area contributed by atoms with Crippen LogP contribution in [0.3, 0.4) is 0 Å². The van der Waals surface area contributed by atoms with Crippen LogP contribution in [0.2, 0.25) is 0 Å². The van der Waals surface area contributed by atoms with Crippen molar-refractivity contribution in [1.82, 2.24) is 20.2 Å². The first-order valence-corrected chi connectivity index (χ1v) is 6.45. The van der Waals surface area contributed by atoms with Gasteiger partial charge in [0.15, 0.2) is 5.82 Å². The molecule has 0 aliphatic carbocycles. The number of benzene rings is 1. The lowest BCUT2D eigenvalue weighted by Gasteiger charge is -2.27. The van der Waals surface area contributed by atoms with Crippen LogP contribution in [0.1, 0.15) is 39.3 Å². The number of rotatable bonds is 2. The SMILES string of the molecule is Cc1ccc(N)c(-c2nnnn2C(C)C(C)(C)C)c1. The molecular weight excluding hydrogens is 238 g/mol. The molecule has 2 rings (SSSR count). The van der Waals surface area contributed by atoms with Crippen molar-refractivity contribution in [3.8, 4) is 11.4 Å². The second-order valence-electron chi connectivity index (χ2n) is 6.08. The lowest BCUT2D eigenvalue weighted by molar-refractivity contribution is 0.243. The molecule has 1 aromatic carbocycles. The van der Waals surface area contributed by atoms with E-state index in [1.807, 2.05) is 29.8 Å². The molecule has 0 saturated heterocycles. The van der Waals surface area contributed by atoms with E-state index in [0.717, 1.165) is 17.0 Å². The Hall–Kier alpha value is -1.91. The van der Waals surface area contributed by atoms with Gasteiger partial charge in [-0.15, -0.1) is 5.10 Å². The van der Waals surface area contributed by atoms with Crippen molar-refractivity contribution in [2.24, 2.45) is 5.41 Å². The normalized spacial score (nSPS) is 13.5. The van der Waals surface area contributed by atoms with Gasteiger partial charge in [-0.25, -0.2) is 4.68 Å². The third-order valence-electron chi connectivity index (χ3n) is 3.56. The molecule has 1 unspecified atom stereocenters. The van der Waals surface area contributed by atoms with E-state index in [0.29, 0.717) is 5.69 Å². The minimum absolute atomic E-state index is 0.0721. The Morgan fingerprint density at radius 3 is 2.58 bits per heavy atom. The van der Waals surface area contributed by atoms with Crippen LogP contribution in [0.5, 0.6) is 0 Å². The third kappa shape index (κ3) is 2.59. The minimum Gasteiger partial charge on any atom is -0.398 e. The highest BCUT2D eigenvalue weighted by atomic mass is 15.5. The molecule has 0 aliphatic heterocycles. The predicted molar refractivity (Wildman–Crippen MR) is 76.6 cm³/mol. The molecule has 102 valence electrons. The molecule has 0 fully saturated rings. The van der Waals surface area contributed by atoms with E-state index >= 15 is 0 Å². The average molecular weight is 259 g/mol. The zero-order valence-electron chi connectivity index (χ0n) is 12.2. The van der Waals surface area contributed by atoms with E-state index in [2.05, 4.69) is 43.2 Å². The van der Waals surface area contributed by atoms with Crippen molar-refractivity contribution in [1.29, 1.82) is 0 Å². The topological polar surface area (TPSA) is 69.6 Å². The number of nitrogens with two attached hydrogens (primary N) is 1. The van der Waals surface area contributed by atoms with Gasteiger partial charge in [-0.05, 0) is 41.8 Å². The van der Waals surface area contributed by atoms with E-state index in [-0.39, 0.29) is 11.5 Å². The maximum Gasteiger partial charge on any atom is 0.184 e. The van der Waals surface area contributed by atoms with Gasteiger partial charge in [-0.1, -0.05) is 32.4 Å². The molecule has 5 heteroatoms. The van der Waals surface area contributed by atoms with Gasteiger partial charge in [-0.2, -0.15) is 0 Å². The molecule has 19 heavy (non-hydrogen) atoms. The number of nitrogens with zero attached hydrogens (tertiary/aromatic N) is 4. The summed E-state index contributed by atoms with van der Waals surface area (Å²) in [6.45, 7) is 10.7. The maximum atomic E-state index is 6.05. The highest BCUT2D eigenvalue weighted by Gasteiger charge is 2.26. The molecule has 1 atom stereocenters. The van der Waals surface area contributed by atoms with Crippen molar-refractivity contribution in [2.75, 3.05) is 5.73 Å². The summed E-state index contributed by atoms with van der Waals surface area (Å²) >= 11 is 0. The van der Waals surface area contributed by atoms with Crippen LogP contribution < -0.4 is 5.73 Å². The third-order valence-corrected chi connectivity index (χ3v) is 3.56. The standard InChI is InChI=1S/C14H21N5/c1-9-6-7-12(15)11(8-9)13-16-17-18-19(13)10(2)14(3,4)5/h6-8,10H,15H2,1-5H3. The molecule has 2 N–H and O–H groups in total. The Bertz CT molecular complexity index is 580. The number of aromatic nitrogens is 4. The largest absolute Gasteiger partial charge is 0.398 e. The van der Waals surface area contributed by atoms with Gasteiger partial charge in [0.1, 0.15) is 0 Å². The number of hydrogen-bond acceptors (Lipinski definition) is 4. The molecule has 0 aliphatic rings. The van der Waals surface area contributed by atoms with Crippen LogP contribution >= 0.6 is 0 Å². The smallest absolute Gasteiger partial charge is 0.184 e. The van der Waals surface area contributed by atoms with E-state index in [1.165, 1.54) is 0 Å². The first kappa shape index (κ1) is 13.5. The van der Waals surface area contributed by atoms with Crippen LogP contribution in [0.25, 0.3) is 11.4 Å². The van der Waals surface area contributed by atoms with Crippen LogP contribution in [-0.4, -0.2) is 20.2 Å². The van der Waals surface area contributed by atoms with E-state index in [9.17, 15) is 0 Å². The van der Waals surface area contributed by atoms with Crippen molar-refractivity contribution >= 4 is 5.69 Å². The van der Waals surface area contributed by atoms with Crippen molar-refractivity contribution < 1.29 is 0 Å². The lowest BCUT2D eigenvalue weighted by atomic mass is 9.88. The van der Waals surface area contributed by atoms with Gasteiger partial charge in [0.25, 0.3) is 0 Å². The summed E-state index contributed by atoms with van der Waals surface area (Å²) in [7, 11) is 0. The average Bonchev–Trinajstić information content (AvgIpc) is 2.78. The second kappa shape index (κ2) is 4.64. The Morgan fingerprint density at radius 2 is 1.95 bits per heavy atom. The van der Waals surface area contributed by atoms with Crippen molar-refractivity contribution in [3.05, 3.63) is 23.8 Å². The van der Waals surface area contributed by atoms with Gasteiger partial charge in [0, 0.05) is 11.3 Å². The van der Waals surface area contributed by atoms with E-state index in [1.54, 1.807) is 0 Å². The van der Waals surface area contributed by atoms with Gasteiger partial charge < -0.3 is 5.73 Å². The fourth-order valence-electron chi connectivity index (χ4n) is 1.86. The number of anilines is 1. The maximum absolute atomic E-state index is 6.05. The van der Waals surface area contributed by atoms with Crippen molar-refractivity contribution in [2.45, 2.75) is 40.7 Å². The summed E-state index contributed by atoms with van der Waals surface area (Å²) in [6.07, 6.45) is 0. The molecule has 0 spiro atoms. The highest BCUT2D eigenvalue weighted by Crippen LogP contribution is 2.33. The Kier molecular flexibility index (Phi) is 3.30. The summed E-state index contributed by atoms with van der Waals surface area (Å²) in [5, 5.41) is 12.1. The number of aryl methyl sites for hydroxylation is 1. The molecule has 0 radical (unpaired) electrons. The summed E-state index contributed by atoms with van der Waals surface area (Å²) in [5.41, 5.74) is 8.85. The molecule has 1 heterocycles. The number of tetrazole rings is 1.